The molecule has 0 atom stereocenters. The minimum Gasteiger partial charge on any atom is -0.491 e. The van der Waals surface area contributed by atoms with Gasteiger partial charge in [-0.25, -0.2) is 4.79 Å². The summed E-state index contributed by atoms with van der Waals surface area (Å²) in [5.41, 5.74) is 0. The molecule has 0 bridgehead atoms. The Balaban J connectivity index is 1.91. The normalized spacial score (nSPS) is 11.1. The van der Waals surface area contributed by atoms with Crippen LogP contribution in [0.4, 0.5) is 4.79 Å². The molecule has 0 heterocycles. The van der Waals surface area contributed by atoms with E-state index in [9.17, 15) is 4.79 Å². The van der Waals surface area contributed by atoms with Gasteiger partial charge in [0.1, 0.15) is 12.4 Å². The molecule has 0 spiro atoms. The van der Waals surface area contributed by atoms with Crippen LogP contribution >= 0.6 is 0 Å². The molecule has 2 aromatic carbocycles. The lowest BCUT2D eigenvalue weighted by Crippen LogP contribution is -2.47. The van der Waals surface area contributed by atoms with Gasteiger partial charge in [0.05, 0.1) is 6.54 Å². The second-order valence-corrected chi connectivity index (χ2v) is 6.65. The molecule has 0 saturated heterocycles. The molecule has 136 valence electrons. The molecule has 1 N–H and O–H groups in total. The number of nitrogens with one attached hydrogen (secondary N) is 1. The molecule has 0 aliphatic carbocycles. The van der Waals surface area contributed by atoms with Gasteiger partial charge in [-0.3, -0.25) is 0 Å². The summed E-state index contributed by atoms with van der Waals surface area (Å²) < 4.78 is 5.96. The highest BCUT2D eigenvalue weighted by molar-refractivity contribution is 5.88. The Labute approximate surface area is 150 Å². The third kappa shape index (κ3) is 5.64. The first-order valence-corrected chi connectivity index (χ1v) is 8.79. The molecular formula is C20H29N3O2. The van der Waals surface area contributed by atoms with Crippen molar-refractivity contribution in [3.8, 4) is 5.75 Å². The number of fused-ring (bicyclic) bond motifs is 1. The summed E-state index contributed by atoms with van der Waals surface area (Å²) in [6.45, 7) is 6.51. The zero-order valence-corrected chi connectivity index (χ0v) is 15.7. The van der Waals surface area contributed by atoms with E-state index in [1.54, 1.807) is 4.90 Å². The largest absolute Gasteiger partial charge is 0.491 e. The predicted molar refractivity (Wildman–Crippen MR) is 103 cm³/mol. The number of rotatable bonds is 8. The van der Waals surface area contributed by atoms with Crippen LogP contribution in [0.1, 0.15) is 13.8 Å². The lowest BCUT2D eigenvalue weighted by atomic mass is 10.1. The van der Waals surface area contributed by atoms with Crippen LogP contribution < -0.4 is 10.1 Å². The van der Waals surface area contributed by atoms with Crippen LogP contribution in [0.15, 0.2) is 42.5 Å². The number of ether oxygens (including phenoxy) is 1. The highest BCUT2D eigenvalue weighted by Gasteiger charge is 2.16. The average molecular weight is 343 g/mol. The highest BCUT2D eigenvalue weighted by Crippen LogP contribution is 2.25. The van der Waals surface area contributed by atoms with E-state index in [0.717, 1.165) is 23.1 Å². The van der Waals surface area contributed by atoms with Crippen LogP contribution in [0.5, 0.6) is 5.75 Å². The number of likely N-dealkylation sites (N-methyl/N-ethyl adjacent to an activating group) is 1. The summed E-state index contributed by atoms with van der Waals surface area (Å²) in [5, 5.41) is 5.21. The fraction of sp³-hybridized carbons (Fsp3) is 0.450. The van der Waals surface area contributed by atoms with Crippen molar-refractivity contribution < 1.29 is 9.53 Å². The number of amides is 2. The van der Waals surface area contributed by atoms with Gasteiger partial charge in [-0.15, -0.1) is 0 Å². The Kier molecular flexibility index (Phi) is 7.07. The van der Waals surface area contributed by atoms with Crippen molar-refractivity contribution in [2.75, 3.05) is 40.3 Å². The standard InChI is InChI=1S/C20H29N3O2/c1-16(2)23(20(24)21-12-13-22(3)4)14-15-25-19-11-7-9-17-8-5-6-10-18(17)19/h5-11,16H,12-15H2,1-4H3,(H,21,24). The summed E-state index contributed by atoms with van der Waals surface area (Å²) in [4.78, 5) is 16.2. The molecule has 0 aliphatic heterocycles. The fourth-order valence-electron chi connectivity index (χ4n) is 2.66. The molecule has 0 radical (unpaired) electrons. The minimum absolute atomic E-state index is 0.0432. The van der Waals surface area contributed by atoms with E-state index in [0.29, 0.717) is 19.7 Å². The number of nitrogens with zero attached hydrogens (tertiary/aromatic N) is 2. The van der Waals surface area contributed by atoms with E-state index in [4.69, 9.17) is 4.74 Å². The van der Waals surface area contributed by atoms with E-state index in [1.165, 1.54) is 0 Å². The van der Waals surface area contributed by atoms with Crippen molar-refractivity contribution in [3.05, 3.63) is 42.5 Å². The zero-order chi connectivity index (χ0) is 18.2. The molecule has 0 fully saturated rings. The first-order chi connectivity index (χ1) is 12.0. The van der Waals surface area contributed by atoms with Crippen LogP contribution in [0.25, 0.3) is 10.8 Å². The first kappa shape index (κ1) is 19.1. The van der Waals surface area contributed by atoms with Crippen molar-refractivity contribution in [2.45, 2.75) is 19.9 Å². The van der Waals surface area contributed by atoms with Crippen LogP contribution in [-0.2, 0) is 0 Å². The lowest BCUT2D eigenvalue weighted by Gasteiger charge is -2.27. The van der Waals surface area contributed by atoms with Gasteiger partial charge in [-0.1, -0.05) is 36.4 Å². The fourth-order valence-corrected chi connectivity index (χ4v) is 2.66. The van der Waals surface area contributed by atoms with E-state index < -0.39 is 0 Å². The van der Waals surface area contributed by atoms with Crippen LogP contribution in [0.2, 0.25) is 0 Å². The van der Waals surface area contributed by atoms with Gasteiger partial charge < -0.3 is 19.9 Å². The number of hydrogen-bond donors (Lipinski definition) is 1. The molecule has 5 nitrogen and oxygen atoms in total. The molecule has 2 rings (SSSR count). The summed E-state index contributed by atoms with van der Waals surface area (Å²) in [6, 6.07) is 14.3. The Bertz CT molecular complexity index is 680. The van der Waals surface area contributed by atoms with E-state index in [-0.39, 0.29) is 12.1 Å². The second kappa shape index (κ2) is 9.28. The van der Waals surface area contributed by atoms with Crippen LogP contribution in [0, 0.1) is 0 Å². The summed E-state index contributed by atoms with van der Waals surface area (Å²) in [5.74, 6) is 0.856. The number of benzene rings is 2. The van der Waals surface area contributed by atoms with Gasteiger partial charge in [-0.05, 0) is 39.4 Å². The third-order valence-corrected chi connectivity index (χ3v) is 4.06. The van der Waals surface area contributed by atoms with Crippen molar-refractivity contribution in [2.24, 2.45) is 0 Å². The number of hydrogen-bond acceptors (Lipinski definition) is 3. The number of urea groups is 1. The summed E-state index contributed by atoms with van der Waals surface area (Å²) >= 11 is 0. The van der Waals surface area contributed by atoms with Crippen molar-refractivity contribution in [3.63, 3.8) is 0 Å². The molecule has 0 aliphatic rings. The highest BCUT2D eigenvalue weighted by atomic mass is 16.5. The monoisotopic (exact) mass is 343 g/mol. The molecular weight excluding hydrogens is 314 g/mol. The average Bonchev–Trinajstić information content (AvgIpc) is 2.58. The quantitative estimate of drug-likeness (QED) is 0.800. The van der Waals surface area contributed by atoms with E-state index in [1.807, 2.05) is 57.1 Å². The van der Waals surface area contributed by atoms with Crippen molar-refractivity contribution in [1.82, 2.24) is 15.1 Å². The van der Waals surface area contributed by atoms with E-state index in [2.05, 4.69) is 23.5 Å². The lowest BCUT2D eigenvalue weighted by molar-refractivity contribution is 0.166. The Morgan fingerprint density at radius 3 is 2.52 bits per heavy atom. The van der Waals surface area contributed by atoms with Crippen LogP contribution in [-0.4, -0.2) is 62.2 Å². The second-order valence-electron chi connectivity index (χ2n) is 6.65. The molecule has 2 aromatic rings. The smallest absolute Gasteiger partial charge is 0.317 e. The molecule has 5 heteroatoms. The summed E-state index contributed by atoms with van der Waals surface area (Å²) in [6.07, 6.45) is 0. The third-order valence-electron chi connectivity index (χ3n) is 4.06. The molecule has 2 amide bonds. The molecule has 25 heavy (non-hydrogen) atoms. The predicted octanol–water partition coefficient (Wildman–Crippen LogP) is 3.20. The van der Waals surface area contributed by atoms with Crippen molar-refractivity contribution in [1.29, 1.82) is 0 Å². The van der Waals surface area contributed by atoms with Crippen LogP contribution in [0.3, 0.4) is 0 Å². The number of carbonyl (C=O) groups is 1. The van der Waals surface area contributed by atoms with Gasteiger partial charge in [0.2, 0.25) is 0 Å². The maximum Gasteiger partial charge on any atom is 0.317 e. The maximum atomic E-state index is 12.4. The van der Waals surface area contributed by atoms with Gasteiger partial charge in [0.25, 0.3) is 0 Å². The summed E-state index contributed by atoms with van der Waals surface area (Å²) in [7, 11) is 3.98. The zero-order valence-electron chi connectivity index (χ0n) is 15.7. The molecule has 0 unspecified atom stereocenters. The minimum atomic E-state index is -0.0432. The maximum absolute atomic E-state index is 12.4. The van der Waals surface area contributed by atoms with Crippen molar-refractivity contribution >= 4 is 16.8 Å². The molecule has 0 aromatic heterocycles. The van der Waals surface area contributed by atoms with Gasteiger partial charge >= 0.3 is 6.03 Å². The Morgan fingerprint density at radius 2 is 1.80 bits per heavy atom. The van der Waals surface area contributed by atoms with E-state index >= 15 is 0 Å². The Hall–Kier alpha value is -2.27. The first-order valence-electron chi connectivity index (χ1n) is 8.79. The molecule has 0 saturated carbocycles. The van der Waals surface area contributed by atoms with Gasteiger partial charge in [0.15, 0.2) is 0 Å². The Morgan fingerprint density at radius 1 is 1.08 bits per heavy atom. The number of carbonyl (C=O) groups excluding carboxylic acids is 1. The van der Waals surface area contributed by atoms with Gasteiger partial charge in [-0.2, -0.15) is 0 Å². The SMILES string of the molecule is CC(C)N(CCOc1cccc2ccccc12)C(=O)NCCN(C)C. The topological polar surface area (TPSA) is 44.8 Å². The van der Waals surface area contributed by atoms with Gasteiger partial charge in [0, 0.05) is 24.5 Å².